The second kappa shape index (κ2) is 6.40. The van der Waals surface area contributed by atoms with Gasteiger partial charge in [-0.2, -0.15) is 0 Å². The Balaban J connectivity index is 2.04. The quantitative estimate of drug-likeness (QED) is 0.714. The molecule has 24 heavy (non-hydrogen) atoms. The molecule has 2 N–H and O–H groups in total. The minimum absolute atomic E-state index is 0.118. The molecule has 1 aromatic heterocycles. The maximum Gasteiger partial charge on any atom is 0.259 e. The zero-order valence-electron chi connectivity index (χ0n) is 12.4. The second-order valence-electron chi connectivity index (χ2n) is 4.85. The molecule has 0 aliphatic rings. The Labute approximate surface area is 139 Å². The van der Waals surface area contributed by atoms with Gasteiger partial charge in [-0.3, -0.25) is 9.59 Å². The highest BCUT2D eigenvalue weighted by Crippen LogP contribution is 2.25. The lowest BCUT2D eigenvalue weighted by atomic mass is 10.1. The molecule has 3 rings (SSSR count). The summed E-state index contributed by atoms with van der Waals surface area (Å²) in [6.07, 6.45) is 2.86. The summed E-state index contributed by atoms with van der Waals surface area (Å²) in [7, 11) is 0. The van der Waals surface area contributed by atoms with Crippen LogP contribution in [0.25, 0.3) is 10.9 Å². The fourth-order valence-corrected chi connectivity index (χ4v) is 2.87. The number of halogens is 2. The molecule has 3 aromatic rings. The van der Waals surface area contributed by atoms with Crippen molar-refractivity contribution >= 4 is 34.3 Å². The van der Waals surface area contributed by atoms with Gasteiger partial charge in [0.25, 0.3) is 11.5 Å². The van der Waals surface area contributed by atoms with E-state index in [0.717, 1.165) is 18.5 Å². The summed E-state index contributed by atoms with van der Waals surface area (Å²) in [6, 6.07) is 6.44. The summed E-state index contributed by atoms with van der Waals surface area (Å²) >= 11 is 1.20. The first-order valence-electron chi connectivity index (χ1n) is 6.82. The predicted octanol–water partition coefficient (Wildman–Crippen LogP) is 3.18. The number of hydrogen-bond acceptors (Lipinski definition) is 4. The molecule has 0 saturated carbocycles. The largest absolute Gasteiger partial charge is 0.319 e. The normalized spacial score (nSPS) is 10.8. The molecule has 0 spiro atoms. The number of rotatable bonds is 3. The second-order valence-corrected chi connectivity index (χ2v) is 5.70. The van der Waals surface area contributed by atoms with E-state index < -0.39 is 23.1 Å². The number of H-pyrrole nitrogens is 1. The lowest BCUT2D eigenvalue weighted by molar-refractivity contribution is 0.101. The molecular weight excluding hydrogens is 336 g/mol. The monoisotopic (exact) mass is 347 g/mol. The third-order valence-electron chi connectivity index (χ3n) is 3.40. The van der Waals surface area contributed by atoms with E-state index in [0.29, 0.717) is 4.90 Å². The molecule has 0 fully saturated rings. The average Bonchev–Trinajstić information content (AvgIpc) is 2.56. The van der Waals surface area contributed by atoms with Crippen molar-refractivity contribution < 1.29 is 13.6 Å². The molecule has 0 saturated heterocycles. The molecule has 1 amide bonds. The molecule has 5 nitrogen and oxygen atoms in total. The summed E-state index contributed by atoms with van der Waals surface area (Å²) in [5.41, 5.74) is -0.706. The van der Waals surface area contributed by atoms with Crippen LogP contribution in [0.2, 0.25) is 0 Å². The molecule has 0 radical (unpaired) electrons. The Kier molecular flexibility index (Phi) is 4.30. The fraction of sp³-hybridized carbons (Fsp3) is 0.0625. The van der Waals surface area contributed by atoms with E-state index in [1.54, 1.807) is 12.3 Å². The van der Waals surface area contributed by atoms with Crippen molar-refractivity contribution in [3.05, 3.63) is 64.2 Å². The number of carbonyl (C=O) groups is 1. The number of amides is 1. The topological polar surface area (TPSA) is 74.8 Å². The minimum atomic E-state index is -0.795. The van der Waals surface area contributed by atoms with Crippen LogP contribution < -0.4 is 10.9 Å². The Morgan fingerprint density at radius 3 is 2.79 bits per heavy atom. The number of carbonyl (C=O) groups excluding carboxylic acids is 1. The standard InChI is InChI=1S/C16H11F2N3O2S/c1-24-13-4-2-3-9(17)14(13)16(23)21-12-5-8-11(6-10(12)18)19-7-20-15(8)22/h2-7H,1H3,(H,21,23)(H,19,20,22). The highest BCUT2D eigenvalue weighted by atomic mass is 32.2. The van der Waals surface area contributed by atoms with E-state index in [1.807, 2.05) is 0 Å². The molecular formula is C16H11F2N3O2S. The molecule has 0 bridgehead atoms. The third kappa shape index (κ3) is 2.88. The van der Waals surface area contributed by atoms with Crippen molar-refractivity contribution in [3.63, 3.8) is 0 Å². The SMILES string of the molecule is CSc1cccc(F)c1C(=O)Nc1cc2c(=O)[nH]cnc2cc1F. The lowest BCUT2D eigenvalue weighted by Gasteiger charge is -2.11. The van der Waals surface area contributed by atoms with Crippen LogP contribution in [0.15, 0.2) is 46.3 Å². The van der Waals surface area contributed by atoms with E-state index in [9.17, 15) is 18.4 Å². The Hall–Kier alpha value is -2.74. The zero-order valence-corrected chi connectivity index (χ0v) is 13.2. The Morgan fingerprint density at radius 1 is 1.25 bits per heavy atom. The number of nitrogens with one attached hydrogen (secondary N) is 2. The smallest absolute Gasteiger partial charge is 0.259 e. The number of anilines is 1. The Bertz CT molecular complexity index is 1000. The van der Waals surface area contributed by atoms with Crippen LogP contribution in [0.4, 0.5) is 14.5 Å². The summed E-state index contributed by atoms with van der Waals surface area (Å²) in [6.45, 7) is 0. The van der Waals surface area contributed by atoms with Gasteiger partial charge in [-0.1, -0.05) is 6.07 Å². The summed E-state index contributed by atoms with van der Waals surface area (Å²) < 4.78 is 28.1. The van der Waals surface area contributed by atoms with Gasteiger partial charge in [0.1, 0.15) is 11.6 Å². The number of hydrogen-bond donors (Lipinski definition) is 2. The summed E-state index contributed by atoms with van der Waals surface area (Å²) in [5, 5.41) is 2.43. The van der Waals surface area contributed by atoms with Crippen LogP contribution in [0, 0.1) is 11.6 Å². The van der Waals surface area contributed by atoms with Gasteiger partial charge >= 0.3 is 0 Å². The van der Waals surface area contributed by atoms with Gasteiger partial charge in [0.05, 0.1) is 28.5 Å². The number of fused-ring (bicyclic) bond motifs is 1. The molecule has 0 atom stereocenters. The maximum absolute atomic E-state index is 14.1. The molecule has 0 unspecified atom stereocenters. The molecule has 0 aliphatic heterocycles. The van der Waals surface area contributed by atoms with Crippen LogP contribution in [0.1, 0.15) is 10.4 Å². The minimum Gasteiger partial charge on any atom is -0.319 e. The van der Waals surface area contributed by atoms with Gasteiger partial charge < -0.3 is 10.3 Å². The molecule has 122 valence electrons. The van der Waals surface area contributed by atoms with Crippen molar-refractivity contribution in [2.24, 2.45) is 0 Å². The van der Waals surface area contributed by atoms with Crippen molar-refractivity contribution in [2.75, 3.05) is 11.6 Å². The first-order valence-corrected chi connectivity index (χ1v) is 8.04. The van der Waals surface area contributed by atoms with Gasteiger partial charge in [-0.25, -0.2) is 13.8 Å². The zero-order chi connectivity index (χ0) is 17.3. The third-order valence-corrected chi connectivity index (χ3v) is 4.18. The highest BCUT2D eigenvalue weighted by Gasteiger charge is 2.18. The van der Waals surface area contributed by atoms with Crippen LogP contribution in [-0.2, 0) is 0 Å². The van der Waals surface area contributed by atoms with E-state index in [-0.39, 0.29) is 22.2 Å². The summed E-state index contributed by atoms with van der Waals surface area (Å²) in [4.78, 5) is 30.8. The number of nitrogens with zero attached hydrogens (tertiary/aromatic N) is 1. The van der Waals surface area contributed by atoms with E-state index in [4.69, 9.17) is 0 Å². The first-order chi connectivity index (χ1) is 11.5. The van der Waals surface area contributed by atoms with Crippen molar-refractivity contribution in [1.82, 2.24) is 9.97 Å². The summed E-state index contributed by atoms with van der Waals surface area (Å²) in [5.74, 6) is -2.27. The van der Waals surface area contributed by atoms with Gasteiger partial charge in [-0.05, 0) is 24.5 Å². The van der Waals surface area contributed by atoms with Crippen molar-refractivity contribution in [1.29, 1.82) is 0 Å². The number of aromatic nitrogens is 2. The maximum atomic E-state index is 14.1. The molecule has 8 heteroatoms. The van der Waals surface area contributed by atoms with E-state index in [1.165, 1.54) is 23.9 Å². The van der Waals surface area contributed by atoms with Crippen LogP contribution in [-0.4, -0.2) is 22.1 Å². The lowest BCUT2D eigenvalue weighted by Crippen LogP contribution is -2.16. The van der Waals surface area contributed by atoms with Crippen LogP contribution in [0.5, 0.6) is 0 Å². The van der Waals surface area contributed by atoms with E-state index >= 15 is 0 Å². The number of thioether (sulfide) groups is 1. The predicted molar refractivity (Wildman–Crippen MR) is 88.5 cm³/mol. The number of benzene rings is 2. The van der Waals surface area contributed by atoms with Crippen LogP contribution >= 0.6 is 11.8 Å². The van der Waals surface area contributed by atoms with Crippen molar-refractivity contribution in [2.45, 2.75) is 4.90 Å². The van der Waals surface area contributed by atoms with Gasteiger partial charge in [0.2, 0.25) is 0 Å². The average molecular weight is 347 g/mol. The fourth-order valence-electron chi connectivity index (χ4n) is 2.27. The molecule has 1 heterocycles. The van der Waals surface area contributed by atoms with Gasteiger partial charge in [-0.15, -0.1) is 11.8 Å². The van der Waals surface area contributed by atoms with Crippen molar-refractivity contribution in [3.8, 4) is 0 Å². The van der Waals surface area contributed by atoms with Crippen LogP contribution in [0.3, 0.4) is 0 Å². The first kappa shape index (κ1) is 16.1. The van der Waals surface area contributed by atoms with Gasteiger partial charge in [0.15, 0.2) is 0 Å². The number of aromatic amines is 1. The van der Waals surface area contributed by atoms with Gasteiger partial charge in [0, 0.05) is 11.0 Å². The molecule has 0 aliphatic carbocycles. The Morgan fingerprint density at radius 2 is 2.04 bits per heavy atom. The molecule has 2 aromatic carbocycles. The highest BCUT2D eigenvalue weighted by molar-refractivity contribution is 7.98. The van der Waals surface area contributed by atoms with E-state index in [2.05, 4.69) is 15.3 Å².